The number of fused-ring (bicyclic) bond motifs is 2. The number of nitrogens with zero attached hydrogens (tertiary/aromatic N) is 4. The maximum absolute atomic E-state index is 13.5. The highest BCUT2D eigenvalue weighted by atomic mass is 32.2. The van der Waals surface area contributed by atoms with Crippen LogP contribution in [-0.2, 0) is 13.1 Å². The van der Waals surface area contributed by atoms with Gasteiger partial charge in [-0.15, -0.1) is 0 Å². The van der Waals surface area contributed by atoms with Gasteiger partial charge in [-0.2, -0.15) is 9.97 Å². The van der Waals surface area contributed by atoms with Crippen LogP contribution in [0.5, 0.6) is 17.5 Å². The van der Waals surface area contributed by atoms with Crippen LogP contribution in [0.2, 0.25) is 0 Å². The van der Waals surface area contributed by atoms with Crippen LogP contribution in [-0.4, -0.2) is 47.9 Å². The smallest absolute Gasteiger partial charge is 0.262 e. The van der Waals surface area contributed by atoms with Gasteiger partial charge in [0.15, 0.2) is 10.3 Å². The summed E-state index contributed by atoms with van der Waals surface area (Å²) < 4.78 is 8.24. The largest absolute Gasteiger partial charge is 0.497 e. The molecule has 1 unspecified atom stereocenters. The van der Waals surface area contributed by atoms with Crippen LogP contribution >= 0.6 is 23.5 Å². The predicted octanol–water partition coefficient (Wildman–Crippen LogP) is 2.00. The lowest BCUT2D eigenvalue weighted by Gasteiger charge is -2.23. The molecule has 32 heavy (non-hydrogen) atoms. The summed E-state index contributed by atoms with van der Waals surface area (Å²) in [5.74, 6) is 0.125. The van der Waals surface area contributed by atoms with Gasteiger partial charge in [0.2, 0.25) is 11.8 Å². The molecule has 1 atom stereocenters. The molecule has 2 N–H and O–H groups in total. The fourth-order valence-corrected chi connectivity index (χ4v) is 5.96. The minimum atomic E-state index is -1.05. The molecule has 2 aromatic heterocycles. The Labute approximate surface area is 191 Å². The molecule has 0 saturated carbocycles. The number of aromatic nitrogens is 4. The second kappa shape index (κ2) is 8.21. The molecule has 0 amide bonds. The SMILES string of the molecule is COc1ccc(C(c2c(O)nc3n(c2=O)CCCS3)c2c(O)nc3n(c2=O)CCS3)cc1. The molecule has 0 saturated heterocycles. The maximum Gasteiger partial charge on any atom is 0.262 e. The first-order chi connectivity index (χ1) is 15.5. The highest BCUT2D eigenvalue weighted by Gasteiger charge is 2.34. The Morgan fingerprint density at radius 1 is 0.906 bits per heavy atom. The molecule has 0 spiro atoms. The van der Waals surface area contributed by atoms with Crippen molar-refractivity contribution in [1.29, 1.82) is 0 Å². The van der Waals surface area contributed by atoms with Crippen molar-refractivity contribution in [2.45, 2.75) is 35.7 Å². The topological polar surface area (TPSA) is 119 Å². The number of thioether (sulfide) groups is 2. The van der Waals surface area contributed by atoms with E-state index in [2.05, 4.69) is 9.97 Å². The average molecular weight is 473 g/mol. The van der Waals surface area contributed by atoms with Crippen LogP contribution in [0, 0.1) is 0 Å². The fourth-order valence-electron chi connectivity index (χ4n) is 4.09. The van der Waals surface area contributed by atoms with E-state index in [9.17, 15) is 19.8 Å². The first-order valence-electron chi connectivity index (χ1n) is 10.1. The molecule has 2 aliphatic heterocycles. The molecule has 2 aliphatic rings. The summed E-state index contributed by atoms with van der Waals surface area (Å²) in [6, 6.07) is 6.80. The first kappa shape index (κ1) is 21.0. The number of methoxy groups -OCH3 is 1. The lowest BCUT2D eigenvalue weighted by Crippen LogP contribution is -2.33. The van der Waals surface area contributed by atoms with E-state index in [0.29, 0.717) is 40.5 Å². The molecule has 0 bridgehead atoms. The average Bonchev–Trinajstić information content (AvgIpc) is 3.27. The van der Waals surface area contributed by atoms with Gasteiger partial charge in [-0.3, -0.25) is 18.7 Å². The lowest BCUT2D eigenvalue weighted by molar-refractivity contribution is 0.409. The summed E-state index contributed by atoms with van der Waals surface area (Å²) in [6.45, 7) is 0.930. The van der Waals surface area contributed by atoms with Crippen molar-refractivity contribution >= 4 is 23.5 Å². The van der Waals surface area contributed by atoms with E-state index in [1.54, 1.807) is 24.3 Å². The van der Waals surface area contributed by atoms with Gasteiger partial charge in [0.05, 0.1) is 24.2 Å². The van der Waals surface area contributed by atoms with Gasteiger partial charge < -0.3 is 14.9 Å². The van der Waals surface area contributed by atoms with Gasteiger partial charge in [-0.1, -0.05) is 35.7 Å². The van der Waals surface area contributed by atoms with Crippen LogP contribution in [0.15, 0.2) is 44.2 Å². The Balaban J connectivity index is 1.80. The number of aromatic hydroxyl groups is 2. The molecule has 166 valence electrons. The second-order valence-electron chi connectivity index (χ2n) is 7.43. The predicted molar refractivity (Wildman–Crippen MR) is 120 cm³/mol. The van der Waals surface area contributed by atoms with E-state index in [1.807, 2.05) is 0 Å². The van der Waals surface area contributed by atoms with E-state index in [1.165, 1.54) is 39.8 Å². The van der Waals surface area contributed by atoms with Crippen LogP contribution in [0.3, 0.4) is 0 Å². The molecule has 3 aromatic rings. The third kappa shape index (κ3) is 3.36. The summed E-state index contributed by atoms with van der Waals surface area (Å²) in [7, 11) is 1.54. The molecule has 1 aromatic carbocycles. The molecular formula is C21H20N4O5S2. The molecule has 0 radical (unpaired) electrons. The summed E-state index contributed by atoms with van der Waals surface area (Å²) in [6.07, 6.45) is 0.794. The highest BCUT2D eigenvalue weighted by Crippen LogP contribution is 2.38. The third-order valence-corrected chi connectivity index (χ3v) is 7.65. The first-order valence-corrected chi connectivity index (χ1v) is 12.0. The van der Waals surface area contributed by atoms with Crippen molar-refractivity contribution < 1.29 is 14.9 Å². The normalized spacial score (nSPS) is 15.8. The Kier molecular flexibility index (Phi) is 5.38. The Bertz CT molecular complexity index is 1320. The van der Waals surface area contributed by atoms with Crippen molar-refractivity contribution in [1.82, 2.24) is 19.1 Å². The monoisotopic (exact) mass is 472 g/mol. The van der Waals surface area contributed by atoms with Gasteiger partial charge in [0, 0.05) is 24.6 Å². The zero-order valence-electron chi connectivity index (χ0n) is 17.1. The van der Waals surface area contributed by atoms with E-state index in [0.717, 1.165) is 12.2 Å². The number of rotatable bonds is 4. The minimum absolute atomic E-state index is 0.0539. The minimum Gasteiger partial charge on any atom is -0.497 e. The van der Waals surface area contributed by atoms with E-state index >= 15 is 0 Å². The second-order valence-corrected chi connectivity index (χ2v) is 9.56. The standard InChI is InChI=1S/C21H20N4O5S2/c1-30-12-5-3-11(4-6-12)13(15-17(27)23-21-25(19(15)29)8-10-32-21)14-16(26)22-20-24(18(14)28)7-2-9-31-20/h3-6,13,26-27H,2,7-10H2,1H3. The van der Waals surface area contributed by atoms with Gasteiger partial charge in [0.25, 0.3) is 11.1 Å². The van der Waals surface area contributed by atoms with Crippen LogP contribution in [0.4, 0.5) is 0 Å². The van der Waals surface area contributed by atoms with Crippen molar-refractivity contribution in [2.75, 3.05) is 18.6 Å². The van der Waals surface area contributed by atoms with Crippen LogP contribution in [0.25, 0.3) is 0 Å². The zero-order valence-corrected chi connectivity index (χ0v) is 18.8. The van der Waals surface area contributed by atoms with Gasteiger partial charge in [-0.25, -0.2) is 0 Å². The lowest BCUT2D eigenvalue weighted by atomic mass is 9.86. The molecular weight excluding hydrogens is 452 g/mol. The van der Waals surface area contributed by atoms with Gasteiger partial charge in [-0.05, 0) is 24.1 Å². The Morgan fingerprint density at radius 3 is 2.06 bits per heavy atom. The highest BCUT2D eigenvalue weighted by molar-refractivity contribution is 7.99. The van der Waals surface area contributed by atoms with Gasteiger partial charge in [0.1, 0.15) is 5.75 Å². The maximum atomic E-state index is 13.5. The Hall–Kier alpha value is -2.92. The number of ether oxygens (including phenoxy) is 1. The van der Waals surface area contributed by atoms with E-state index in [-0.39, 0.29) is 11.1 Å². The quantitative estimate of drug-likeness (QED) is 0.550. The van der Waals surface area contributed by atoms with Crippen LogP contribution in [0.1, 0.15) is 29.0 Å². The van der Waals surface area contributed by atoms with Crippen molar-refractivity contribution in [2.24, 2.45) is 0 Å². The number of benzene rings is 1. The molecule has 9 nitrogen and oxygen atoms in total. The molecule has 11 heteroatoms. The third-order valence-electron chi connectivity index (χ3n) is 5.63. The van der Waals surface area contributed by atoms with E-state index in [4.69, 9.17) is 4.74 Å². The summed E-state index contributed by atoms with van der Waals surface area (Å²) in [4.78, 5) is 35.4. The number of hydrogen-bond donors (Lipinski definition) is 2. The van der Waals surface area contributed by atoms with E-state index < -0.39 is 28.8 Å². The molecule has 5 rings (SSSR count). The Morgan fingerprint density at radius 2 is 1.47 bits per heavy atom. The van der Waals surface area contributed by atoms with Gasteiger partial charge >= 0.3 is 0 Å². The summed E-state index contributed by atoms with van der Waals surface area (Å²) >= 11 is 2.78. The molecule has 0 aliphatic carbocycles. The van der Waals surface area contributed by atoms with Crippen LogP contribution < -0.4 is 15.9 Å². The van der Waals surface area contributed by atoms with Crippen molar-refractivity contribution in [3.63, 3.8) is 0 Å². The zero-order chi connectivity index (χ0) is 22.4. The number of hydrogen-bond acceptors (Lipinski definition) is 9. The van der Waals surface area contributed by atoms with Crippen molar-refractivity contribution in [3.05, 3.63) is 61.7 Å². The molecule has 4 heterocycles. The van der Waals surface area contributed by atoms with Crippen molar-refractivity contribution in [3.8, 4) is 17.5 Å². The fraction of sp³-hybridized carbons (Fsp3) is 0.333. The molecule has 0 fully saturated rings. The summed E-state index contributed by atoms with van der Waals surface area (Å²) in [5, 5.41) is 22.5. The summed E-state index contributed by atoms with van der Waals surface area (Å²) in [5.41, 5.74) is -0.445.